The molecular formula is C15H21ClN4O3. The number of nitrogens with zero attached hydrogens (tertiary/aromatic N) is 2. The van der Waals surface area contributed by atoms with Gasteiger partial charge in [0.15, 0.2) is 0 Å². The van der Waals surface area contributed by atoms with Crippen LogP contribution in [0.15, 0.2) is 18.2 Å². The fourth-order valence-electron chi connectivity index (χ4n) is 2.69. The second-order valence-electron chi connectivity index (χ2n) is 5.96. The van der Waals surface area contributed by atoms with Gasteiger partial charge in [-0.1, -0.05) is 0 Å². The van der Waals surface area contributed by atoms with Gasteiger partial charge in [-0.3, -0.25) is 14.9 Å². The molecule has 7 nitrogen and oxygen atoms in total. The molecule has 1 atom stereocenters. The highest BCUT2D eigenvalue weighted by Crippen LogP contribution is 2.32. The first-order valence-electron chi connectivity index (χ1n) is 7.63. The fraction of sp³-hybridized carbons (Fsp3) is 0.533. The zero-order valence-corrected chi connectivity index (χ0v) is 13.8. The van der Waals surface area contributed by atoms with E-state index in [-0.39, 0.29) is 30.0 Å². The van der Waals surface area contributed by atoms with Crippen LogP contribution >= 0.6 is 12.4 Å². The summed E-state index contributed by atoms with van der Waals surface area (Å²) in [6.45, 7) is 4.09. The summed E-state index contributed by atoms with van der Waals surface area (Å²) in [5.74, 6) is -0.143. The maximum Gasteiger partial charge on any atom is 0.293 e. The standard InChI is InChI=1S/C15H20N4O3.ClH/c1-10-9-16-6-7-18(10)15(20)11-2-5-13(17-12-3-4-12)14(8-11)19(21)22;/h2,5,8,10,12,16-17H,3-4,6-7,9H2,1H3;1H. The fourth-order valence-corrected chi connectivity index (χ4v) is 2.69. The molecule has 1 aromatic rings. The first kappa shape index (κ1) is 17.5. The van der Waals surface area contributed by atoms with Crippen LogP contribution in [0.5, 0.6) is 0 Å². The summed E-state index contributed by atoms with van der Waals surface area (Å²) >= 11 is 0. The normalized spacial score (nSPS) is 20.6. The summed E-state index contributed by atoms with van der Waals surface area (Å²) in [5, 5.41) is 17.6. The molecule has 1 saturated heterocycles. The highest BCUT2D eigenvalue weighted by atomic mass is 35.5. The van der Waals surface area contributed by atoms with E-state index in [2.05, 4.69) is 10.6 Å². The number of amides is 1. The molecular weight excluding hydrogens is 320 g/mol. The Morgan fingerprint density at radius 2 is 2.17 bits per heavy atom. The van der Waals surface area contributed by atoms with Crippen LogP contribution in [0.1, 0.15) is 30.1 Å². The van der Waals surface area contributed by atoms with E-state index in [1.54, 1.807) is 17.0 Å². The van der Waals surface area contributed by atoms with Crippen LogP contribution in [0.3, 0.4) is 0 Å². The van der Waals surface area contributed by atoms with E-state index in [0.717, 1.165) is 25.9 Å². The third kappa shape index (κ3) is 3.92. The quantitative estimate of drug-likeness (QED) is 0.646. The van der Waals surface area contributed by atoms with Gasteiger partial charge in [0.05, 0.1) is 4.92 Å². The smallest absolute Gasteiger partial charge is 0.293 e. The number of carbonyl (C=O) groups is 1. The van der Waals surface area contributed by atoms with Crippen LogP contribution in [-0.4, -0.2) is 47.4 Å². The van der Waals surface area contributed by atoms with E-state index in [9.17, 15) is 14.9 Å². The van der Waals surface area contributed by atoms with E-state index < -0.39 is 4.92 Å². The average Bonchev–Trinajstić information content (AvgIpc) is 3.31. The Hall–Kier alpha value is -1.86. The van der Waals surface area contributed by atoms with Crippen LogP contribution in [0, 0.1) is 10.1 Å². The lowest BCUT2D eigenvalue weighted by Crippen LogP contribution is -2.52. The van der Waals surface area contributed by atoms with Crippen LogP contribution < -0.4 is 10.6 Å². The van der Waals surface area contributed by atoms with Crippen molar-refractivity contribution in [2.75, 3.05) is 25.0 Å². The first-order valence-corrected chi connectivity index (χ1v) is 7.63. The largest absolute Gasteiger partial charge is 0.377 e. The average molecular weight is 341 g/mol. The molecule has 1 amide bonds. The molecule has 2 aliphatic rings. The van der Waals surface area contributed by atoms with Gasteiger partial charge in [-0.2, -0.15) is 0 Å². The summed E-state index contributed by atoms with van der Waals surface area (Å²) in [6.07, 6.45) is 2.08. The summed E-state index contributed by atoms with van der Waals surface area (Å²) in [6, 6.07) is 5.13. The van der Waals surface area contributed by atoms with Crippen molar-refractivity contribution >= 4 is 29.7 Å². The molecule has 3 rings (SSSR count). The van der Waals surface area contributed by atoms with Crippen molar-refractivity contribution in [3.63, 3.8) is 0 Å². The number of nitro groups is 1. The van der Waals surface area contributed by atoms with Gasteiger partial charge in [-0.15, -0.1) is 12.4 Å². The van der Waals surface area contributed by atoms with Crippen molar-refractivity contribution in [3.05, 3.63) is 33.9 Å². The molecule has 0 spiro atoms. The van der Waals surface area contributed by atoms with E-state index in [1.807, 2.05) is 6.92 Å². The first-order chi connectivity index (χ1) is 10.6. The highest BCUT2D eigenvalue weighted by molar-refractivity contribution is 5.96. The third-order valence-electron chi connectivity index (χ3n) is 4.14. The minimum absolute atomic E-state index is 0. The van der Waals surface area contributed by atoms with Gasteiger partial charge in [0, 0.05) is 43.3 Å². The minimum Gasteiger partial charge on any atom is -0.377 e. The van der Waals surface area contributed by atoms with E-state index >= 15 is 0 Å². The van der Waals surface area contributed by atoms with Crippen molar-refractivity contribution < 1.29 is 9.72 Å². The molecule has 1 aliphatic heterocycles. The molecule has 0 aromatic heterocycles. The van der Waals surface area contributed by atoms with Gasteiger partial charge in [0.2, 0.25) is 0 Å². The van der Waals surface area contributed by atoms with Crippen molar-refractivity contribution in [3.8, 4) is 0 Å². The molecule has 2 fully saturated rings. The van der Waals surface area contributed by atoms with Gasteiger partial charge in [-0.25, -0.2) is 0 Å². The van der Waals surface area contributed by atoms with Crippen LogP contribution in [0.2, 0.25) is 0 Å². The SMILES string of the molecule is CC1CNCCN1C(=O)c1ccc(NC2CC2)c([N+](=O)[O-])c1.Cl. The Balaban J connectivity index is 0.00000192. The molecule has 1 unspecified atom stereocenters. The lowest BCUT2D eigenvalue weighted by molar-refractivity contribution is -0.384. The number of piperazine rings is 1. The van der Waals surface area contributed by atoms with Crippen molar-refractivity contribution in [2.24, 2.45) is 0 Å². The monoisotopic (exact) mass is 340 g/mol. The molecule has 1 aliphatic carbocycles. The molecule has 0 bridgehead atoms. The number of anilines is 1. The Morgan fingerprint density at radius 3 is 2.78 bits per heavy atom. The van der Waals surface area contributed by atoms with Crippen molar-refractivity contribution in [1.29, 1.82) is 0 Å². The van der Waals surface area contributed by atoms with Crippen molar-refractivity contribution in [2.45, 2.75) is 31.8 Å². The van der Waals surface area contributed by atoms with Crippen LogP contribution in [0.25, 0.3) is 0 Å². The molecule has 2 N–H and O–H groups in total. The number of carbonyl (C=O) groups excluding carboxylic acids is 1. The van der Waals surface area contributed by atoms with Gasteiger partial charge >= 0.3 is 0 Å². The Kier molecular flexibility index (Phi) is 5.43. The Bertz CT molecular complexity index is 606. The number of nitrogens with one attached hydrogen (secondary N) is 2. The second-order valence-corrected chi connectivity index (χ2v) is 5.96. The Morgan fingerprint density at radius 1 is 1.43 bits per heavy atom. The third-order valence-corrected chi connectivity index (χ3v) is 4.14. The number of halogens is 1. The maximum atomic E-state index is 12.6. The molecule has 8 heteroatoms. The number of nitro benzene ring substituents is 1. The summed E-state index contributed by atoms with van der Waals surface area (Å²) < 4.78 is 0. The summed E-state index contributed by atoms with van der Waals surface area (Å²) in [4.78, 5) is 25.2. The summed E-state index contributed by atoms with van der Waals surface area (Å²) in [7, 11) is 0. The molecule has 126 valence electrons. The van der Waals surface area contributed by atoms with Gasteiger partial charge in [0.1, 0.15) is 5.69 Å². The zero-order valence-electron chi connectivity index (χ0n) is 12.9. The van der Waals surface area contributed by atoms with Gasteiger partial charge < -0.3 is 15.5 Å². The summed E-state index contributed by atoms with van der Waals surface area (Å²) in [5.41, 5.74) is 0.847. The molecule has 1 saturated carbocycles. The molecule has 1 heterocycles. The zero-order chi connectivity index (χ0) is 15.7. The second kappa shape index (κ2) is 7.14. The van der Waals surface area contributed by atoms with Gasteiger partial charge in [0.25, 0.3) is 11.6 Å². The van der Waals surface area contributed by atoms with E-state index in [0.29, 0.717) is 23.8 Å². The Labute approximate surface area is 141 Å². The predicted molar refractivity (Wildman–Crippen MR) is 90.4 cm³/mol. The predicted octanol–water partition coefficient (Wildman–Crippen LogP) is 2.02. The van der Waals surface area contributed by atoms with Crippen LogP contribution in [-0.2, 0) is 0 Å². The number of rotatable bonds is 4. The molecule has 0 radical (unpaired) electrons. The van der Waals surface area contributed by atoms with E-state index in [1.165, 1.54) is 6.07 Å². The van der Waals surface area contributed by atoms with Crippen LogP contribution in [0.4, 0.5) is 11.4 Å². The number of hydrogen-bond donors (Lipinski definition) is 2. The van der Waals surface area contributed by atoms with Crippen molar-refractivity contribution in [1.82, 2.24) is 10.2 Å². The number of hydrogen-bond acceptors (Lipinski definition) is 5. The lowest BCUT2D eigenvalue weighted by atomic mass is 10.1. The molecule has 23 heavy (non-hydrogen) atoms. The topological polar surface area (TPSA) is 87.5 Å². The molecule has 1 aromatic carbocycles. The van der Waals surface area contributed by atoms with E-state index in [4.69, 9.17) is 0 Å². The van der Waals surface area contributed by atoms with Gasteiger partial charge in [-0.05, 0) is 31.9 Å². The highest BCUT2D eigenvalue weighted by Gasteiger charge is 2.28. The maximum absolute atomic E-state index is 12.6. The lowest BCUT2D eigenvalue weighted by Gasteiger charge is -2.34. The minimum atomic E-state index is -0.428. The number of benzene rings is 1.